The van der Waals surface area contributed by atoms with Gasteiger partial charge in [0, 0.05) is 19.3 Å². The van der Waals surface area contributed by atoms with E-state index in [4.69, 9.17) is 14.2 Å². The van der Waals surface area contributed by atoms with E-state index in [-0.39, 0.29) is 37.5 Å². The van der Waals surface area contributed by atoms with Crippen LogP contribution in [0.3, 0.4) is 0 Å². The summed E-state index contributed by atoms with van der Waals surface area (Å²) in [6, 6.07) is 0. The van der Waals surface area contributed by atoms with Gasteiger partial charge < -0.3 is 14.2 Å². The van der Waals surface area contributed by atoms with Crippen molar-refractivity contribution >= 4 is 17.9 Å². The molecule has 79 heavy (non-hydrogen) atoms. The summed E-state index contributed by atoms with van der Waals surface area (Å²) in [5, 5.41) is 0. The van der Waals surface area contributed by atoms with Crippen molar-refractivity contribution in [1.82, 2.24) is 0 Å². The van der Waals surface area contributed by atoms with Gasteiger partial charge in [0.15, 0.2) is 6.10 Å². The van der Waals surface area contributed by atoms with Crippen molar-refractivity contribution in [2.24, 2.45) is 0 Å². The molecule has 0 heterocycles. The molecule has 0 radical (unpaired) electrons. The molecule has 0 aliphatic heterocycles. The third-order valence-corrected chi connectivity index (χ3v) is 15.2. The predicted molar refractivity (Wildman–Crippen MR) is 344 cm³/mol. The highest BCUT2D eigenvalue weighted by molar-refractivity contribution is 5.71. The van der Waals surface area contributed by atoms with E-state index in [1.165, 1.54) is 225 Å². The predicted octanol–water partition coefficient (Wildman–Crippen LogP) is 23.7. The molecule has 6 heteroatoms. The lowest BCUT2D eigenvalue weighted by Crippen LogP contribution is -2.30. The third-order valence-electron chi connectivity index (χ3n) is 15.2. The van der Waals surface area contributed by atoms with Gasteiger partial charge in [0.2, 0.25) is 0 Å². The topological polar surface area (TPSA) is 78.9 Å². The molecule has 0 fully saturated rings. The molecule has 0 amide bonds. The molecule has 0 aliphatic rings. The van der Waals surface area contributed by atoms with E-state index in [1.54, 1.807) is 0 Å². The maximum atomic E-state index is 12.9. The van der Waals surface area contributed by atoms with Gasteiger partial charge in [0.05, 0.1) is 0 Å². The van der Waals surface area contributed by atoms with Gasteiger partial charge in [-0.05, 0) is 83.5 Å². The molecule has 0 N–H and O–H groups in total. The lowest BCUT2D eigenvalue weighted by molar-refractivity contribution is -0.167. The Labute approximate surface area is 491 Å². The van der Waals surface area contributed by atoms with Gasteiger partial charge in [-0.25, -0.2) is 0 Å². The summed E-state index contributed by atoms with van der Waals surface area (Å²) in [5.41, 5.74) is 0. The van der Waals surface area contributed by atoms with Crippen molar-refractivity contribution in [1.29, 1.82) is 0 Å². The average Bonchev–Trinajstić information content (AvgIpc) is 3.45. The van der Waals surface area contributed by atoms with Gasteiger partial charge in [-0.3, -0.25) is 14.4 Å². The van der Waals surface area contributed by atoms with Crippen LogP contribution in [0.5, 0.6) is 0 Å². The summed E-state index contributed by atoms with van der Waals surface area (Å²) in [6.45, 7) is 6.52. The minimum absolute atomic E-state index is 0.0976. The Hall–Kier alpha value is -3.15. The van der Waals surface area contributed by atoms with E-state index in [9.17, 15) is 14.4 Å². The van der Waals surface area contributed by atoms with Gasteiger partial charge in [-0.2, -0.15) is 0 Å². The smallest absolute Gasteiger partial charge is 0.306 e. The molecule has 1 atom stereocenters. The van der Waals surface area contributed by atoms with Crippen LogP contribution in [-0.4, -0.2) is 37.2 Å². The molecular formula is C73H130O6. The zero-order valence-electron chi connectivity index (χ0n) is 52.6. The molecule has 0 aliphatic carbocycles. The second-order valence-electron chi connectivity index (χ2n) is 23.1. The molecule has 0 aromatic heterocycles. The number of unbranched alkanes of at least 4 members (excludes halogenated alkanes) is 40. The molecule has 0 aromatic carbocycles. The number of hydrogen-bond donors (Lipinski definition) is 0. The number of esters is 3. The second-order valence-corrected chi connectivity index (χ2v) is 23.1. The van der Waals surface area contributed by atoms with Crippen molar-refractivity contribution in [3.63, 3.8) is 0 Å². The monoisotopic (exact) mass is 1100 g/mol. The Bertz CT molecular complexity index is 1450. The van der Waals surface area contributed by atoms with E-state index in [2.05, 4.69) is 93.7 Å². The number of ether oxygens (including phenoxy) is 3. The van der Waals surface area contributed by atoms with Crippen molar-refractivity contribution in [3.8, 4) is 0 Å². The summed E-state index contributed by atoms with van der Waals surface area (Å²) < 4.78 is 16.9. The first kappa shape index (κ1) is 75.8. The van der Waals surface area contributed by atoms with Crippen LogP contribution in [0.15, 0.2) is 72.9 Å². The summed E-state index contributed by atoms with van der Waals surface area (Å²) >= 11 is 0. The Morgan fingerprint density at radius 3 is 0.823 bits per heavy atom. The van der Waals surface area contributed by atoms with Crippen LogP contribution in [0.1, 0.15) is 355 Å². The highest BCUT2D eigenvalue weighted by atomic mass is 16.6. The number of allylic oxidation sites excluding steroid dienone is 12. The summed E-state index contributed by atoms with van der Waals surface area (Å²) in [6.07, 6.45) is 88.0. The Balaban J connectivity index is 4.26. The van der Waals surface area contributed by atoms with Crippen molar-refractivity contribution in [2.45, 2.75) is 361 Å². The fraction of sp³-hybridized carbons (Fsp3) is 0.795. The first-order valence-electron chi connectivity index (χ1n) is 34.4. The van der Waals surface area contributed by atoms with Crippen LogP contribution >= 0.6 is 0 Å². The molecular weight excluding hydrogens is 973 g/mol. The first-order chi connectivity index (χ1) is 39.0. The minimum Gasteiger partial charge on any atom is -0.462 e. The van der Waals surface area contributed by atoms with E-state index in [0.29, 0.717) is 19.3 Å². The molecule has 458 valence electrons. The molecule has 0 saturated heterocycles. The van der Waals surface area contributed by atoms with Crippen molar-refractivity contribution in [2.75, 3.05) is 13.2 Å². The quantitative estimate of drug-likeness (QED) is 0.0261. The van der Waals surface area contributed by atoms with E-state index >= 15 is 0 Å². The minimum atomic E-state index is -0.809. The molecule has 0 bridgehead atoms. The fourth-order valence-corrected chi connectivity index (χ4v) is 10.1. The average molecular weight is 1100 g/mol. The van der Waals surface area contributed by atoms with Crippen molar-refractivity contribution in [3.05, 3.63) is 72.9 Å². The van der Waals surface area contributed by atoms with E-state index in [1.807, 2.05) is 0 Å². The number of rotatable bonds is 63. The molecule has 0 aromatic rings. The zero-order valence-corrected chi connectivity index (χ0v) is 52.6. The Morgan fingerprint density at radius 1 is 0.266 bits per heavy atom. The van der Waals surface area contributed by atoms with E-state index < -0.39 is 6.10 Å². The normalized spacial score (nSPS) is 12.5. The Kier molecular flexibility index (Phi) is 64.7. The fourth-order valence-electron chi connectivity index (χ4n) is 10.1. The van der Waals surface area contributed by atoms with Crippen LogP contribution < -0.4 is 0 Å². The van der Waals surface area contributed by atoms with Crippen LogP contribution in [0.4, 0.5) is 0 Å². The summed E-state index contributed by atoms with van der Waals surface area (Å²) in [5.74, 6) is -0.948. The number of carbonyl (C=O) groups excluding carboxylic acids is 3. The summed E-state index contributed by atoms with van der Waals surface area (Å²) in [4.78, 5) is 38.3. The number of hydrogen-bond acceptors (Lipinski definition) is 6. The van der Waals surface area contributed by atoms with Crippen LogP contribution in [0, 0.1) is 0 Å². The molecule has 1 unspecified atom stereocenters. The van der Waals surface area contributed by atoms with Gasteiger partial charge in [-0.1, -0.05) is 325 Å². The van der Waals surface area contributed by atoms with Crippen LogP contribution in [0.25, 0.3) is 0 Å². The Morgan fingerprint density at radius 2 is 0.506 bits per heavy atom. The first-order valence-corrected chi connectivity index (χ1v) is 34.4. The maximum Gasteiger partial charge on any atom is 0.306 e. The maximum absolute atomic E-state index is 12.9. The largest absolute Gasteiger partial charge is 0.462 e. The van der Waals surface area contributed by atoms with Crippen molar-refractivity contribution < 1.29 is 28.6 Å². The van der Waals surface area contributed by atoms with Gasteiger partial charge >= 0.3 is 17.9 Å². The lowest BCUT2D eigenvalue weighted by Gasteiger charge is -2.18. The molecule has 0 saturated carbocycles. The second kappa shape index (κ2) is 67.4. The highest BCUT2D eigenvalue weighted by Crippen LogP contribution is 2.18. The highest BCUT2D eigenvalue weighted by Gasteiger charge is 2.19. The summed E-state index contributed by atoms with van der Waals surface area (Å²) in [7, 11) is 0. The molecule has 0 spiro atoms. The molecule has 0 rings (SSSR count). The standard InChI is InChI=1S/C73H130O6/c1-4-7-10-13-16-19-22-25-28-30-31-32-33-34-35-36-37-38-39-40-41-43-45-48-51-54-57-60-63-66-72(75)78-69-70(68-77-71(74)65-62-59-56-53-50-47-44-27-24-21-18-15-12-9-6-3)79-73(76)67-64-61-58-55-52-49-46-42-29-26-23-20-17-14-11-8-5-2/h8,11,17,20,26-27,29,44,46,49,55,58,70H,4-7,9-10,12-16,18-19,21-25,28,30-43,45,47-48,50-54,56-57,59-69H2,1-3H3/b11-8-,20-17-,29-26-,44-27-,49-46-,58-55-. The van der Waals surface area contributed by atoms with Gasteiger partial charge in [0.1, 0.15) is 13.2 Å². The zero-order chi connectivity index (χ0) is 57.1. The number of carbonyl (C=O) groups is 3. The van der Waals surface area contributed by atoms with E-state index in [0.717, 1.165) is 83.5 Å². The lowest BCUT2D eigenvalue weighted by atomic mass is 10.0. The van der Waals surface area contributed by atoms with Crippen LogP contribution in [0.2, 0.25) is 0 Å². The van der Waals surface area contributed by atoms with Crippen LogP contribution in [-0.2, 0) is 28.6 Å². The SMILES string of the molecule is CC/C=C\C/C=C\C/C=C\C/C=C\C/C=C\CCCC(=O)OC(COC(=O)CCCCCCC/C=C\CCCCCCCC)COC(=O)CCCCCCCCCCCCCCCCCCCCCCCCCCCCCCC. The molecule has 6 nitrogen and oxygen atoms in total. The third kappa shape index (κ3) is 65.5. The van der Waals surface area contributed by atoms with Gasteiger partial charge in [0.25, 0.3) is 0 Å². The van der Waals surface area contributed by atoms with Gasteiger partial charge in [-0.15, -0.1) is 0 Å².